The summed E-state index contributed by atoms with van der Waals surface area (Å²) in [4.78, 5) is 21.5. The fourth-order valence-corrected chi connectivity index (χ4v) is 4.20. The van der Waals surface area contributed by atoms with E-state index in [1.54, 1.807) is 11.0 Å². The number of hydrogen-bond donors (Lipinski definition) is 5. The summed E-state index contributed by atoms with van der Waals surface area (Å²) >= 11 is 6.68. The van der Waals surface area contributed by atoms with Gasteiger partial charge in [0.15, 0.2) is 17.2 Å². The topological polar surface area (TPSA) is 188 Å². The fraction of sp³-hybridized carbons (Fsp3) is 0.333. The zero-order chi connectivity index (χ0) is 24.7. The lowest BCUT2D eigenvalue weighted by molar-refractivity contribution is 0.148. The van der Waals surface area contributed by atoms with E-state index in [0.717, 1.165) is 12.8 Å². The number of aliphatic hydroxyl groups is 1. The van der Waals surface area contributed by atoms with Crippen molar-refractivity contribution in [1.29, 1.82) is 10.5 Å². The minimum absolute atomic E-state index is 0.122. The number of carbonyl (C=O) groups is 1. The summed E-state index contributed by atoms with van der Waals surface area (Å²) in [6.07, 6.45) is 1.23. The molecule has 14 heteroatoms. The zero-order valence-corrected chi connectivity index (χ0v) is 18.9. The second-order valence-corrected chi connectivity index (χ2v) is 8.69. The molecule has 0 bridgehead atoms. The molecule has 1 saturated heterocycles. The molecule has 3 aromatic rings. The van der Waals surface area contributed by atoms with Gasteiger partial charge in [0.05, 0.1) is 46.4 Å². The molecule has 0 unspecified atom stereocenters. The predicted octanol–water partition coefficient (Wildman–Crippen LogP) is 1.66. The molecule has 1 aliphatic heterocycles. The Labute approximate surface area is 203 Å². The second-order valence-electron chi connectivity index (χ2n) is 8.32. The highest BCUT2D eigenvalue weighted by Crippen LogP contribution is 2.37. The van der Waals surface area contributed by atoms with E-state index >= 15 is 0 Å². The first-order chi connectivity index (χ1) is 16.9. The van der Waals surface area contributed by atoms with E-state index in [4.69, 9.17) is 16.7 Å². The normalized spacial score (nSPS) is 19.3. The van der Waals surface area contributed by atoms with Crippen LogP contribution in [0.3, 0.4) is 0 Å². The summed E-state index contributed by atoms with van der Waals surface area (Å²) in [5.74, 6) is 0.592. The van der Waals surface area contributed by atoms with Crippen molar-refractivity contribution < 1.29 is 15.0 Å². The molecule has 2 atom stereocenters. The van der Waals surface area contributed by atoms with Crippen LogP contribution in [0.15, 0.2) is 18.3 Å². The number of benzene rings is 1. The van der Waals surface area contributed by atoms with Gasteiger partial charge in [-0.25, -0.2) is 9.78 Å². The van der Waals surface area contributed by atoms with Gasteiger partial charge < -0.3 is 31.1 Å². The Morgan fingerprint density at radius 3 is 2.71 bits per heavy atom. The van der Waals surface area contributed by atoms with E-state index in [0.29, 0.717) is 22.8 Å². The largest absolute Gasteiger partial charge is 0.465 e. The molecule has 5 N–H and O–H groups in total. The Kier molecular flexibility index (Phi) is 5.64. The number of anilines is 4. The number of nitriles is 2. The fourth-order valence-electron chi connectivity index (χ4n) is 3.93. The second kappa shape index (κ2) is 8.79. The summed E-state index contributed by atoms with van der Waals surface area (Å²) < 4.78 is 1.38. The summed E-state index contributed by atoms with van der Waals surface area (Å²) in [5, 5.41) is 51.5. The third-order valence-electron chi connectivity index (χ3n) is 5.76. The van der Waals surface area contributed by atoms with Crippen LogP contribution in [-0.2, 0) is 0 Å². The van der Waals surface area contributed by atoms with Crippen molar-refractivity contribution in [2.75, 3.05) is 28.6 Å². The Hall–Kier alpha value is -4.33. The van der Waals surface area contributed by atoms with Crippen LogP contribution < -0.4 is 20.9 Å². The molecule has 1 saturated carbocycles. The van der Waals surface area contributed by atoms with Crippen LogP contribution in [0.2, 0.25) is 5.02 Å². The van der Waals surface area contributed by atoms with Gasteiger partial charge in [-0.2, -0.15) is 20.0 Å². The lowest BCUT2D eigenvalue weighted by Crippen LogP contribution is -2.42. The monoisotopic (exact) mass is 494 g/mol. The minimum Gasteiger partial charge on any atom is -0.465 e. The van der Waals surface area contributed by atoms with Crippen LogP contribution in [-0.4, -0.2) is 67.2 Å². The number of amides is 1. The molecule has 1 aromatic carbocycles. The molecule has 2 aliphatic rings. The number of rotatable bonds is 6. The van der Waals surface area contributed by atoms with E-state index < -0.39 is 18.2 Å². The highest BCUT2D eigenvalue weighted by Gasteiger charge is 2.34. The molecule has 178 valence electrons. The number of aliphatic hydroxyl groups excluding tert-OH is 1. The molecule has 1 amide bonds. The maximum atomic E-state index is 11.0. The van der Waals surface area contributed by atoms with Crippen LogP contribution >= 0.6 is 11.6 Å². The van der Waals surface area contributed by atoms with E-state index in [9.17, 15) is 20.4 Å². The van der Waals surface area contributed by atoms with Gasteiger partial charge in [-0.1, -0.05) is 11.6 Å². The molecule has 35 heavy (non-hydrogen) atoms. The number of fused-ring (bicyclic) bond motifs is 1. The number of nitrogens with zero attached hydrogens (tertiary/aromatic N) is 7. The SMILES string of the molecule is N#Cc1cc(Nc2nc(NC3CC3)c3ncc(C#N)n3n2)c(Cl)c(N2C[C@@H](O)[C@H](NC(=O)O)C2)c1. The average Bonchev–Trinajstić information content (AvgIpc) is 3.43. The van der Waals surface area contributed by atoms with E-state index in [-0.39, 0.29) is 41.4 Å². The van der Waals surface area contributed by atoms with Crippen LogP contribution in [0.1, 0.15) is 24.1 Å². The van der Waals surface area contributed by atoms with Gasteiger partial charge in [-0.3, -0.25) is 0 Å². The standard InChI is InChI=1S/C21H19ClN10O3/c22-17-13(3-10(5-23)4-15(17)31-8-14(16(33)9-31)28-21(34)35)27-20-29-18(26-11-1-2-11)19-25-7-12(6-24)32(19)30-20/h3-4,7,11,14,16,28,33H,1-2,8-9H2,(H,34,35)(H2,26,27,29,30)/t14-,16-/m1/s1. The van der Waals surface area contributed by atoms with Gasteiger partial charge in [0.1, 0.15) is 6.07 Å². The molecule has 3 heterocycles. The van der Waals surface area contributed by atoms with Gasteiger partial charge in [0.2, 0.25) is 5.95 Å². The molecule has 13 nitrogen and oxygen atoms in total. The highest BCUT2D eigenvalue weighted by atomic mass is 35.5. The molecular formula is C21H19ClN10O3. The first-order valence-electron chi connectivity index (χ1n) is 10.7. The summed E-state index contributed by atoms with van der Waals surface area (Å²) in [7, 11) is 0. The molecule has 2 fully saturated rings. The van der Waals surface area contributed by atoms with Crippen LogP contribution in [0.4, 0.5) is 27.9 Å². The molecule has 2 aromatic heterocycles. The van der Waals surface area contributed by atoms with Gasteiger partial charge in [-0.05, 0) is 25.0 Å². The number of carboxylic acid groups (broad SMARTS) is 1. The van der Waals surface area contributed by atoms with Crippen molar-refractivity contribution in [2.45, 2.75) is 31.0 Å². The van der Waals surface area contributed by atoms with Crippen LogP contribution in [0.25, 0.3) is 5.65 Å². The molecule has 0 radical (unpaired) electrons. The number of imidazole rings is 1. The summed E-state index contributed by atoms with van der Waals surface area (Å²) in [5.41, 5.74) is 1.71. The Morgan fingerprint density at radius 1 is 1.23 bits per heavy atom. The van der Waals surface area contributed by atoms with Gasteiger partial charge in [0.25, 0.3) is 0 Å². The van der Waals surface area contributed by atoms with Gasteiger partial charge in [-0.15, -0.1) is 5.10 Å². The van der Waals surface area contributed by atoms with Crippen molar-refractivity contribution in [1.82, 2.24) is 24.9 Å². The van der Waals surface area contributed by atoms with Crippen LogP contribution in [0.5, 0.6) is 0 Å². The summed E-state index contributed by atoms with van der Waals surface area (Å²) in [6, 6.07) is 6.78. The minimum atomic E-state index is -1.24. The van der Waals surface area contributed by atoms with E-state index in [1.807, 2.05) is 6.07 Å². The average molecular weight is 495 g/mol. The lowest BCUT2D eigenvalue weighted by Gasteiger charge is -2.22. The number of aromatic nitrogens is 4. The van der Waals surface area contributed by atoms with E-state index in [1.165, 1.54) is 16.8 Å². The number of hydrogen-bond acceptors (Lipinski definition) is 10. The van der Waals surface area contributed by atoms with Crippen molar-refractivity contribution in [2.24, 2.45) is 0 Å². The predicted molar refractivity (Wildman–Crippen MR) is 125 cm³/mol. The van der Waals surface area contributed by atoms with Gasteiger partial charge >= 0.3 is 6.09 Å². The first kappa shape index (κ1) is 22.5. The maximum Gasteiger partial charge on any atom is 0.405 e. The number of halogens is 1. The van der Waals surface area contributed by atoms with Crippen molar-refractivity contribution >= 4 is 46.5 Å². The quantitative estimate of drug-likeness (QED) is 0.335. The summed E-state index contributed by atoms with van der Waals surface area (Å²) in [6.45, 7) is 0.289. The van der Waals surface area contributed by atoms with Gasteiger partial charge in [0, 0.05) is 19.1 Å². The Morgan fingerprint density at radius 2 is 2.03 bits per heavy atom. The van der Waals surface area contributed by atoms with Crippen molar-refractivity contribution in [3.63, 3.8) is 0 Å². The molecule has 1 aliphatic carbocycles. The third kappa shape index (κ3) is 4.42. The number of nitrogens with one attached hydrogen (secondary N) is 3. The number of β-amino-alcohol motifs (C(OH)–C–C–N with tert-alkyl or cyclic N) is 1. The van der Waals surface area contributed by atoms with Crippen molar-refractivity contribution in [3.8, 4) is 12.1 Å². The van der Waals surface area contributed by atoms with E-state index in [2.05, 4.69) is 37.1 Å². The smallest absolute Gasteiger partial charge is 0.405 e. The Bertz CT molecular complexity index is 1410. The zero-order valence-electron chi connectivity index (χ0n) is 18.1. The molecule has 5 rings (SSSR count). The highest BCUT2D eigenvalue weighted by molar-refractivity contribution is 6.36. The van der Waals surface area contributed by atoms with Crippen molar-refractivity contribution in [3.05, 3.63) is 34.6 Å². The maximum absolute atomic E-state index is 11.0. The third-order valence-corrected chi connectivity index (χ3v) is 6.16. The Balaban J connectivity index is 1.51. The molecule has 0 spiro atoms. The molecular weight excluding hydrogens is 476 g/mol. The first-order valence-corrected chi connectivity index (χ1v) is 11.1. The lowest BCUT2D eigenvalue weighted by atomic mass is 10.1. The van der Waals surface area contributed by atoms with Crippen LogP contribution in [0, 0.1) is 22.7 Å².